The van der Waals surface area contributed by atoms with E-state index in [1.165, 1.54) is 0 Å². The Morgan fingerprint density at radius 1 is 1.16 bits per heavy atom. The van der Waals surface area contributed by atoms with Gasteiger partial charge in [-0.05, 0) is 38.3 Å². The van der Waals surface area contributed by atoms with Crippen LogP contribution >= 0.6 is 0 Å². The van der Waals surface area contributed by atoms with Gasteiger partial charge >= 0.3 is 0 Å². The van der Waals surface area contributed by atoms with Crippen molar-refractivity contribution in [2.45, 2.75) is 19.3 Å². The quantitative estimate of drug-likeness (QED) is 0.683. The summed E-state index contributed by atoms with van der Waals surface area (Å²) >= 11 is 0. The summed E-state index contributed by atoms with van der Waals surface area (Å²) in [5, 5.41) is 0. The van der Waals surface area contributed by atoms with E-state index in [4.69, 9.17) is 11.5 Å². The minimum absolute atomic E-state index is 0.114. The molecule has 2 aliphatic heterocycles. The summed E-state index contributed by atoms with van der Waals surface area (Å²) in [6, 6.07) is 0. The first-order valence-corrected chi connectivity index (χ1v) is 7.09. The molecule has 4 N–H and O–H groups in total. The van der Waals surface area contributed by atoms with Crippen LogP contribution in [-0.2, 0) is 9.59 Å². The molecule has 0 aromatic heterocycles. The maximum atomic E-state index is 12.2. The van der Waals surface area contributed by atoms with E-state index < -0.39 is 0 Å². The van der Waals surface area contributed by atoms with Crippen molar-refractivity contribution in [1.29, 1.82) is 0 Å². The second-order valence-electron chi connectivity index (χ2n) is 5.71. The van der Waals surface area contributed by atoms with Gasteiger partial charge in [0.15, 0.2) is 0 Å². The highest BCUT2D eigenvalue weighted by Gasteiger charge is 2.29. The first-order chi connectivity index (χ1) is 9.10. The van der Waals surface area contributed by atoms with Crippen LogP contribution in [-0.4, -0.2) is 60.9 Å². The van der Waals surface area contributed by atoms with Gasteiger partial charge in [0.2, 0.25) is 11.8 Å². The van der Waals surface area contributed by atoms with Crippen molar-refractivity contribution in [1.82, 2.24) is 9.80 Å². The molecule has 2 aliphatic rings. The maximum Gasteiger partial charge on any atom is 0.236 e. The van der Waals surface area contributed by atoms with Gasteiger partial charge in [0.25, 0.3) is 0 Å². The van der Waals surface area contributed by atoms with Crippen molar-refractivity contribution in [3.05, 3.63) is 0 Å². The molecule has 0 saturated carbocycles. The van der Waals surface area contributed by atoms with Crippen molar-refractivity contribution in [2.24, 2.45) is 23.3 Å². The summed E-state index contributed by atoms with van der Waals surface area (Å²) in [5.41, 5.74) is 11.0. The molecule has 0 aromatic carbocycles. The van der Waals surface area contributed by atoms with Gasteiger partial charge in [0.1, 0.15) is 0 Å². The van der Waals surface area contributed by atoms with Crippen LogP contribution in [0.2, 0.25) is 0 Å². The predicted molar refractivity (Wildman–Crippen MR) is 72.1 cm³/mol. The smallest absolute Gasteiger partial charge is 0.236 e. The summed E-state index contributed by atoms with van der Waals surface area (Å²) in [5.74, 6) is 0.172. The number of rotatable bonds is 4. The Hall–Kier alpha value is -1.14. The molecule has 0 spiro atoms. The normalized spacial score (nSPS) is 28.6. The number of amides is 2. The van der Waals surface area contributed by atoms with E-state index in [1.807, 2.05) is 0 Å². The van der Waals surface area contributed by atoms with Gasteiger partial charge in [0.05, 0.1) is 12.5 Å². The summed E-state index contributed by atoms with van der Waals surface area (Å²) in [4.78, 5) is 27.4. The summed E-state index contributed by atoms with van der Waals surface area (Å²) < 4.78 is 0. The van der Waals surface area contributed by atoms with Crippen LogP contribution in [0.5, 0.6) is 0 Å². The van der Waals surface area contributed by atoms with Gasteiger partial charge < -0.3 is 16.4 Å². The van der Waals surface area contributed by atoms with Gasteiger partial charge in [-0.15, -0.1) is 0 Å². The number of likely N-dealkylation sites (tertiary alicyclic amines) is 2. The Balaban J connectivity index is 1.81. The average molecular weight is 268 g/mol. The SMILES string of the molecule is NCC1CCN(CC(=O)N2CCCC(C(N)=O)C2)C1. The number of nitrogens with zero attached hydrogens (tertiary/aromatic N) is 2. The van der Waals surface area contributed by atoms with Crippen molar-refractivity contribution >= 4 is 11.8 Å². The van der Waals surface area contributed by atoms with E-state index in [1.54, 1.807) is 4.90 Å². The largest absolute Gasteiger partial charge is 0.369 e. The van der Waals surface area contributed by atoms with E-state index in [0.717, 1.165) is 38.9 Å². The molecule has 6 nitrogen and oxygen atoms in total. The van der Waals surface area contributed by atoms with Gasteiger partial charge in [-0.2, -0.15) is 0 Å². The van der Waals surface area contributed by atoms with Crippen molar-refractivity contribution in [3.8, 4) is 0 Å². The number of carbonyl (C=O) groups is 2. The van der Waals surface area contributed by atoms with Crippen LogP contribution in [0.25, 0.3) is 0 Å². The Kier molecular flexibility index (Phi) is 4.76. The highest BCUT2D eigenvalue weighted by atomic mass is 16.2. The number of nitrogens with two attached hydrogens (primary N) is 2. The molecule has 2 heterocycles. The summed E-state index contributed by atoms with van der Waals surface area (Å²) in [7, 11) is 0. The minimum Gasteiger partial charge on any atom is -0.369 e. The topological polar surface area (TPSA) is 92.7 Å². The van der Waals surface area contributed by atoms with E-state index in [0.29, 0.717) is 25.6 Å². The standard InChI is InChI=1S/C13H24N4O2/c14-6-10-3-5-16(7-10)9-12(18)17-4-1-2-11(8-17)13(15)19/h10-11H,1-9,14H2,(H2,15,19). The van der Waals surface area contributed by atoms with Crippen LogP contribution in [0, 0.1) is 11.8 Å². The molecule has 0 aromatic rings. The second kappa shape index (κ2) is 6.34. The first-order valence-electron chi connectivity index (χ1n) is 7.09. The van der Waals surface area contributed by atoms with Crippen LogP contribution in [0.1, 0.15) is 19.3 Å². The fourth-order valence-electron chi connectivity index (χ4n) is 2.98. The molecule has 2 saturated heterocycles. The molecule has 0 aliphatic carbocycles. The maximum absolute atomic E-state index is 12.2. The van der Waals surface area contributed by atoms with Crippen LogP contribution in [0.3, 0.4) is 0 Å². The lowest BCUT2D eigenvalue weighted by Gasteiger charge is -2.32. The van der Waals surface area contributed by atoms with Crippen molar-refractivity contribution in [3.63, 3.8) is 0 Å². The molecule has 2 amide bonds. The fourth-order valence-corrected chi connectivity index (χ4v) is 2.98. The van der Waals surface area contributed by atoms with Gasteiger partial charge in [0, 0.05) is 19.6 Å². The molecule has 2 rings (SSSR count). The summed E-state index contributed by atoms with van der Waals surface area (Å²) in [6.07, 6.45) is 2.75. The van der Waals surface area contributed by atoms with E-state index in [-0.39, 0.29) is 17.7 Å². The Morgan fingerprint density at radius 3 is 2.58 bits per heavy atom. The molecule has 2 unspecified atom stereocenters. The number of hydrogen-bond acceptors (Lipinski definition) is 4. The monoisotopic (exact) mass is 268 g/mol. The first kappa shape index (κ1) is 14.3. The third-order valence-corrected chi connectivity index (χ3v) is 4.24. The molecule has 0 bridgehead atoms. The number of carbonyl (C=O) groups excluding carboxylic acids is 2. The molecule has 19 heavy (non-hydrogen) atoms. The van der Waals surface area contributed by atoms with Gasteiger partial charge in [-0.25, -0.2) is 0 Å². The lowest BCUT2D eigenvalue weighted by atomic mass is 9.97. The molecule has 0 radical (unpaired) electrons. The van der Waals surface area contributed by atoms with Gasteiger partial charge in [-0.3, -0.25) is 14.5 Å². The molecular formula is C13H24N4O2. The number of hydrogen-bond donors (Lipinski definition) is 2. The molecule has 2 fully saturated rings. The van der Waals surface area contributed by atoms with Crippen molar-refractivity contribution in [2.75, 3.05) is 39.3 Å². The highest BCUT2D eigenvalue weighted by Crippen LogP contribution is 2.18. The zero-order chi connectivity index (χ0) is 13.8. The lowest BCUT2D eigenvalue weighted by Crippen LogP contribution is -2.47. The fraction of sp³-hybridized carbons (Fsp3) is 0.846. The van der Waals surface area contributed by atoms with Crippen LogP contribution < -0.4 is 11.5 Å². The molecular weight excluding hydrogens is 244 g/mol. The van der Waals surface area contributed by atoms with E-state index >= 15 is 0 Å². The minimum atomic E-state index is -0.290. The Bertz CT molecular complexity index is 348. The molecule has 6 heteroatoms. The zero-order valence-corrected chi connectivity index (χ0v) is 11.4. The van der Waals surface area contributed by atoms with Crippen LogP contribution in [0.4, 0.5) is 0 Å². The third-order valence-electron chi connectivity index (χ3n) is 4.24. The van der Waals surface area contributed by atoms with E-state index in [9.17, 15) is 9.59 Å². The lowest BCUT2D eigenvalue weighted by molar-refractivity contribution is -0.135. The van der Waals surface area contributed by atoms with Gasteiger partial charge in [-0.1, -0.05) is 0 Å². The Morgan fingerprint density at radius 2 is 1.95 bits per heavy atom. The van der Waals surface area contributed by atoms with E-state index in [2.05, 4.69) is 4.90 Å². The predicted octanol–water partition coefficient (Wildman–Crippen LogP) is -1.01. The van der Waals surface area contributed by atoms with Crippen molar-refractivity contribution < 1.29 is 9.59 Å². The molecule has 108 valence electrons. The average Bonchev–Trinajstić information content (AvgIpc) is 2.86. The van der Waals surface area contributed by atoms with Crippen LogP contribution in [0.15, 0.2) is 0 Å². The third kappa shape index (κ3) is 3.67. The summed E-state index contributed by atoms with van der Waals surface area (Å²) in [6.45, 7) is 4.23. The number of primary amides is 1. The molecule has 2 atom stereocenters. The second-order valence-corrected chi connectivity index (χ2v) is 5.71. The Labute approximate surface area is 114 Å². The zero-order valence-electron chi connectivity index (χ0n) is 11.4. The highest BCUT2D eigenvalue weighted by molar-refractivity contribution is 5.81. The number of piperidine rings is 1.